The molecule has 1 saturated heterocycles. The van der Waals surface area contributed by atoms with Gasteiger partial charge in [-0.2, -0.15) is 0 Å². The molecule has 0 radical (unpaired) electrons. The second-order valence-electron chi connectivity index (χ2n) is 5.21. The summed E-state index contributed by atoms with van der Waals surface area (Å²) in [5.74, 6) is -0.196. The molecule has 0 bridgehead atoms. The predicted octanol–water partition coefficient (Wildman–Crippen LogP) is 0.467. The third-order valence-electron chi connectivity index (χ3n) is 3.75. The van der Waals surface area contributed by atoms with Crippen molar-refractivity contribution in [3.05, 3.63) is 0 Å². The summed E-state index contributed by atoms with van der Waals surface area (Å²) in [4.78, 5) is 13.8. The standard InChI is InChI=1S/C12H23N3O/c1-9-3-2-7-15(9)8-6-11(12(13)16)14-10-4-5-10/h9-11,14H,2-8H2,1H3,(H2,13,16). The van der Waals surface area contributed by atoms with E-state index < -0.39 is 0 Å². The van der Waals surface area contributed by atoms with E-state index >= 15 is 0 Å². The first kappa shape index (κ1) is 11.9. The van der Waals surface area contributed by atoms with Gasteiger partial charge in [-0.1, -0.05) is 0 Å². The molecule has 0 aromatic carbocycles. The highest BCUT2D eigenvalue weighted by Crippen LogP contribution is 2.21. The highest BCUT2D eigenvalue weighted by molar-refractivity contribution is 5.79. The zero-order chi connectivity index (χ0) is 11.5. The number of carbonyl (C=O) groups is 1. The molecule has 3 N–H and O–H groups in total. The Bertz CT molecular complexity index is 253. The van der Waals surface area contributed by atoms with Crippen LogP contribution in [0.2, 0.25) is 0 Å². The molecular formula is C12H23N3O. The third-order valence-corrected chi connectivity index (χ3v) is 3.75. The van der Waals surface area contributed by atoms with E-state index in [9.17, 15) is 4.79 Å². The fraction of sp³-hybridized carbons (Fsp3) is 0.917. The average Bonchev–Trinajstić information content (AvgIpc) is 2.96. The molecule has 0 aromatic heterocycles. The molecule has 2 fully saturated rings. The second kappa shape index (κ2) is 5.15. The highest BCUT2D eigenvalue weighted by atomic mass is 16.1. The quantitative estimate of drug-likeness (QED) is 0.691. The topological polar surface area (TPSA) is 58.4 Å². The maximum atomic E-state index is 11.3. The van der Waals surface area contributed by atoms with Gasteiger partial charge in [0.25, 0.3) is 0 Å². The molecule has 1 heterocycles. The van der Waals surface area contributed by atoms with Gasteiger partial charge in [-0.05, 0) is 45.6 Å². The molecule has 1 amide bonds. The predicted molar refractivity (Wildman–Crippen MR) is 64.0 cm³/mol. The maximum absolute atomic E-state index is 11.3. The molecular weight excluding hydrogens is 202 g/mol. The van der Waals surface area contributed by atoms with Gasteiger partial charge in [0.15, 0.2) is 0 Å². The van der Waals surface area contributed by atoms with Crippen molar-refractivity contribution in [3.8, 4) is 0 Å². The normalized spacial score (nSPS) is 28.2. The molecule has 4 nitrogen and oxygen atoms in total. The Kier molecular flexibility index (Phi) is 3.82. The van der Waals surface area contributed by atoms with Gasteiger partial charge in [0.05, 0.1) is 6.04 Å². The summed E-state index contributed by atoms with van der Waals surface area (Å²) in [7, 11) is 0. The van der Waals surface area contributed by atoms with Crippen LogP contribution in [0, 0.1) is 0 Å². The van der Waals surface area contributed by atoms with E-state index in [0.717, 1.165) is 13.0 Å². The van der Waals surface area contributed by atoms with Crippen LogP contribution in [0.3, 0.4) is 0 Å². The van der Waals surface area contributed by atoms with E-state index in [4.69, 9.17) is 5.73 Å². The van der Waals surface area contributed by atoms with Crippen molar-refractivity contribution < 1.29 is 4.79 Å². The molecule has 1 aliphatic heterocycles. The van der Waals surface area contributed by atoms with Gasteiger partial charge < -0.3 is 16.0 Å². The summed E-state index contributed by atoms with van der Waals surface area (Å²) in [6.07, 6.45) is 5.83. The summed E-state index contributed by atoms with van der Waals surface area (Å²) in [6, 6.07) is 1.10. The monoisotopic (exact) mass is 225 g/mol. The van der Waals surface area contributed by atoms with Crippen molar-refractivity contribution in [2.24, 2.45) is 5.73 Å². The minimum absolute atomic E-state index is 0.125. The lowest BCUT2D eigenvalue weighted by Gasteiger charge is -2.23. The van der Waals surface area contributed by atoms with Crippen LogP contribution < -0.4 is 11.1 Å². The lowest BCUT2D eigenvalue weighted by Crippen LogP contribution is -2.44. The number of nitrogens with two attached hydrogens (primary N) is 1. The van der Waals surface area contributed by atoms with Crippen molar-refractivity contribution in [1.82, 2.24) is 10.2 Å². The number of carbonyl (C=O) groups excluding carboxylic acids is 1. The summed E-state index contributed by atoms with van der Waals surface area (Å²) in [6.45, 7) is 4.44. The molecule has 2 rings (SSSR count). The van der Waals surface area contributed by atoms with Crippen LogP contribution in [0.25, 0.3) is 0 Å². The second-order valence-corrected chi connectivity index (χ2v) is 5.21. The largest absolute Gasteiger partial charge is 0.368 e. The SMILES string of the molecule is CC1CCCN1CCC(NC1CC1)C(N)=O. The van der Waals surface area contributed by atoms with Crippen LogP contribution in [0.5, 0.6) is 0 Å². The number of rotatable bonds is 6. The lowest BCUT2D eigenvalue weighted by molar-refractivity contribution is -0.120. The first-order valence-corrected chi connectivity index (χ1v) is 6.46. The van der Waals surface area contributed by atoms with Crippen molar-refractivity contribution in [1.29, 1.82) is 0 Å². The Morgan fingerprint density at radius 3 is 2.75 bits per heavy atom. The van der Waals surface area contributed by atoms with E-state index in [-0.39, 0.29) is 11.9 Å². The Morgan fingerprint density at radius 2 is 2.25 bits per heavy atom. The van der Waals surface area contributed by atoms with Crippen LogP contribution in [-0.2, 0) is 4.79 Å². The fourth-order valence-corrected chi connectivity index (χ4v) is 2.46. The molecule has 1 saturated carbocycles. The summed E-state index contributed by atoms with van der Waals surface area (Å²) in [5.41, 5.74) is 5.41. The molecule has 1 aliphatic carbocycles. The number of likely N-dealkylation sites (tertiary alicyclic amines) is 1. The van der Waals surface area contributed by atoms with Gasteiger partial charge in [-0.25, -0.2) is 0 Å². The summed E-state index contributed by atoms with van der Waals surface area (Å²) >= 11 is 0. The molecule has 0 aromatic rings. The molecule has 0 spiro atoms. The number of hydrogen-bond acceptors (Lipinski definition) is 3. The zero-order valence-electron chi connectivity index (χ0n) is 10.1. The number of hydrogen-bond donors (Lipinski definition) is 2. The van der Waals surface area contributed by atoms with Gasteiger partial charge in [-0.15, -0.1) is 0 Å². The molecule has 2 unspecified atom stereocenters. The smallest absolute Gasteiger partial charge is 0.234 e. The number of nitrogens with one attached hydrogen (secondary N) is 1. The average molecular weight is 225 g/mol. The third kappa shape index (κ3) is 3.19. The minimum atomic E-state index is -0.196. The van der Waals surface area contributed by atoms with Crippen LogP contribution in [0.15, 0.2) is 0 Å². The van der Waals surface area contributed by atoms with E-state index in [1.54, 1.807) is 0 Å². The van der Waals surface area contributed by atoms with Gasteiger partial charge in [0.1, 0.15) is 0 Å². The lowest BCUT2D eigenvalue weighted by atomic mass is 10.1. The Hall–Kier alpha value is -0.610. The summed E-state index contributed by atoms with van der Waals surface area (Å²) < 4.78 is 0. The first-order valence-electron chi connectivity index (χ1n) is 6.46. The van der Waals surface area contributed by atoms with Gasteiger partial charge in [0.2, 0.25) is 5.91 Å². The van der Waals surface area contributed by atoms with Crippen molar-refractivity contribution in [2.45, 2.75) is 57.2 Å². The molecule has 16 heavy (non-hydrogen) atoms. The molecule has 2 aliphatic rings. The van der Waals surface area contributed by atoms with Crippen molar-refractivity contribution in [3.63, 3.8) is 0 Å². The van der Waals surface area contributed by atoms with Crippen LogP contribution in [0.1, 0.15) is 39.0 Å². The van der Waals surface area contributed by atoms with Gasteiger partial charge in [-0.3, -0.25) is 4.79 Å². The number of nitrogens with zero attached hydrogens (tertiary/aromatic N) is 1. The van der Waals surface area contributed by atoms with Crippen LogP contribution in [-0.4, -0.2) is 42.0 Å². The maximum Gasteiger partial charge on any atom is 0.234 e. The van der Waals surface area contributed by atoms with Crippen LogP contribution in [0.4, 0.5) is 0 Å². The van der Waals surface area contributed by atoms with E-state index in [1.165, 1.54) is 32.2 Å². The van der Waals surface area contributed by atoms with Crippen LogP contribution >= 0.6 is 0 Å². The number of primary amides is 1. The molecule has 4 heteroatoms. The van der Waals surface area contributed by atoms with E-state index in [0.29, 0.717) is 12.1 Å². The first-order chi connectivity index (χ1) is 7.66. The van der Waals surface area contributed by atoms with E-state index in [1.807, 2.05) is 0 Å². The minimum Gasteiger partial charge on any atom is -0.368 e. The van der Waals surface area contributed by atoms with Crippen molar-refractivity contribution >= 4 is 5.91 Å². The Labute approximate surface area is 97.6 Å². The van der Waals surface area contributed by atoms with Gasteiger partial charge >= 0.3 is 0 Å². The Morgan fingerprint density at radius 1 is 1.50 bits per heavy atom. The molecule has 92 valence electrons. The number of amides is 1. The van der Waals surface area contributed by atoms with E-state index in [2.05, 4.69) is 17.1 Å². The van der Waals surface area contributed by atoms with Gasteiger partial charge in [0, 0.05) is 18.6 Å². The van der Waals surface area contributed by atoms with Crippen molar-refractivity contribution in [2.75, 3.05) is 13.1 Å². The fourth-order valence-electron chi connectivity index (χ4n) is 2.46. The highest BCUT2D eigenvalue weighted by Gasteiger charge is 2.28. The molecule has 2 atom stereocenters. The Balaban J connectivity index is 1.74. The summed E-state index contributed by atoms with van der Waals surface area (Å²) in [5, 5.41) is 3.33. The zero-order valence-corrected chi connectivity index (χ0v) is 10.1.